The summed E-state index contributed by atoms with van der Waals surface area (Å²) in [5.74, 6) is 3.86. The van der Waals surface area contributed by atoms with Gasteiger partial charge < -0.3 is 30.1 Å². The molecule has 2 aliphatic rings. The van der Waals surface area contributed by atoms with Crippen molar-refractivity contribution < 1.29 is 19.1 Å². The van der Waals surface area contributed by atoms with Crippen LogP contribution in [0.5, 0.6) is 0 Å². The van der Waals surface area contributed by atoms with E-state index < -0.39 is 0 Å². The van der Waals surface area contributed by atoms with Gasteiger partial charge in [0.25, 0.3) is 0 Å². The zero-order valence-electron chi connectivity index (χ0n) is 44.1. The normalized spacial score (nSPS) is 15.2. The number of likely N-dealkylation sites (N-methyl/N-ethyl adjacent to an activating group) is 6. The van der Waals surface area contributed by atoms with E-state index in [1.807, 2.05) is 41.8 Å². The topological polar surface area (TPSA) is 107 Å². The molecule has 0 aromatic heterocycles. The van der Waals surface area contributed by atoms with Crippen LogP contribution in [0.25, 0.3) is 0 Å². The minimum Gasteiger partial charge on any atom is -0.379 e. The van der Waals surface area contributed by atoms with Crippen molar-refractivity contribution in [3.63, 3.8) is 0 Å². The van der Waals surface area contributed by atoms with Crippen LogP contribution >= 0.6 is 0 Å². The van der Waals surface area contributed by atoms with Gasteiger partial charge in [-0.05, 0) is 84.5 Å². The molecule has 0 aromatic rings. The van der Waals surface area contributed by atoms with E-state index in [0.717, 1.165) is 77.4 Å². The van der Waals surface area contributed by atoms with Gasteiger partial charge in [-0.1, -0.05) is 83.1 Å². The molecule has 61 heavy (non-hydrogen) atoms. The Labute approximate surface area is 379 Å². The fraction of sp³-hybridized carbons (Fsp3) is 0.938. The molecule has 2 fully saturated rings. The summed E-state index contributed by atoms with van der Waals surface area (Å²) >= 11 is 0. The average Bonchev–Trinajstić information content (AvgIpc) is 3.14. The second-order valence-electron chi connectivity index (χ2n) is 20.2. The lowest BCUT2D eigenvalue weighted by Crippen LogP contribution is -2.46. The lowest BCUT2D eigenvalue weighted by molar-refractivity contribution is -0.130. The zero-order chi connectivity index (χ0) is 47.7. The highest BCUT2D eigenvalue weighted by atomic mass is 16.5. The SMILES string of the molecule is CC(C)CN1CCN(C)CC1.CC(C)CN1CCOCC1.CCN(C)C(=O)CN(C)CC(C)C.CCN(CC(=O)NC(C)(C)C)CC(C)C.CCN(CC(=O)NC)CC(C)C. The molecule has 2 N–H and O–H groups in total. The number of rotatable bonds is 19. The van der Waals surface area contributed by atoms with E-state index in [1.54, 1.807) is 11.9 Å². The number of hydrogen-bond acceptors (Lipinski definition) is 10. The lowest BCUT2D eigenvalue weighted by Gasteiger charge is -2.33. The fourth-order valence-electron chi connectivity index (χ4n) is 6.65. The van der Waals surface area contributed by atoms with Crippen molar-refractivity contribution in [3.8, 4) is 0 Å². The number of nitrogens with zero attached hydrogens (tertiary/aromatic N) is 7. The zero-order valence-corrected chi connectivity index (χ0v) is 44.1. The highest BCUT2D eigenvalue weighted by molar-refractivity contribution is 5.79. The first-order valence-corrected chi connectivity index (χ1v) is 23.9. The summed E-state index contributed by atoms with van der Waals surface area (Å²) < 4.78 is 5.24. The summed E-state index contributed by atoms with van der Waals surface area (Å²) in [5.41, 5.74) is -0.131. The van der Waals surface area contributed by atoms with Crippen LogP contribution in [-0.4, -0.2) is 210 Å². The van der Waals surface area contributed by atoms with Crippen molar-refractivity contribution in [1.29, 1.82) is 0 Å². The third-order valence-electron chi connectivity index (χ3n) is 9.60. The molecule has 0 unspecified atom stereocenters. The average molecular weight is 872 g/mol. The van der Waals surface area contributed by atoms with Crippen LogP contribution in [0.3, 0.4) is 0 Å². The van der Waals surface area contributed by atoms with Gasteiger partial charge in [0, 0.05) is 98.2 Å². The minimum absolute atomic E-state index is 0.0949. The van der Waals surface area contributed by atoms with Crippen LogP contribution in [0, 0.1) is 29.6 Å². The van der Waals surface area contributed by atoms with Gasteiger partial charge in [0.1, 0.15) is 0 Å². The number of carbonyl (C=O) groups excluding carboxylic acids is 3. The minimum atomic E-state index is -0.131. The first-order chi connectivity index (χ1) is 28.3. The molecular weight excluding hydrogens is 767 g/mol. The molecule has 0 saturated carbocycles. The Morgan fingerprint density at radius 1 is 0.590 bits per heavy atom. The largest absolute Gasteiger partial charge is 0.379 e. The molecular formula is C48H105N9O4. The van der Waals surface area contributed by atoms with Crippen molar-refractivity contribution in [1.82, 2.24) is 44.9 Å². The molecule has 2 rings (SSSR count). The van der Waals surface area contributed by atoms with E-state index in [0.29, 0.717) is 37.4 Å². The Bertz CT molecular complexity index is 1050. The Morgan fingerprint density at radius 3 is 1.34 bits per heavy atom. The summed E-state index contributed by atoms with van der Waals surface area (Å²) in [6.45, 7) is 53.0. The molecule has 2 saturated heterocycles. The Morgan fingerprint density at radius 2 is 1.00 bits per heavy atom. The number of amides is 3. The molecule has 366 valence electrons. The summed E-state index contributed by atoms with van der Waals surface area (Å²) in [5, 5.41) is 5.60. The van der Waals surface area contributed by atoms with Crippen molar-refractivity contribution in [2.75, 3.05) is 153 Å². The Kier molecular flexibility index (Phi) is 39.0. The molecule has 0 spiro atoms. The van der Waals surface area contributed by atoms with Crippen LogP contribution in [0.2, 0.25) is 0 Å². The van der Waals surface area contributed by atoms with E-state index in [2.05, 4.69) is 130 Å². The number of nitrogens with one attached hydrogen (secondary N) is 2. The van der Waals surface area contributed by atoms with Crippen LogP contribution in [0.4, 0.5) is 0 Å². The molecule has 13 heteroatoms. The van der Waals surface area contributed by atoms with Crippen LogP contribution in [0.1, 0.15) is 111 Å². The van der Waals surface area contributed by atoms with Crippen molar-refractivity contribution >= 4 is 17.7 Å². The van der Waals surface area contributed by atoms with Crippen LogP contribution < -0.4 is 10.6 Å². The number of piperazine rings is 1. The quantitative estimate of drug-likeness (QED) is 0.173. The molecule has 0 aliphatic carbocycles. The summed E-state index contributed by atoms with van der Waals surface area (Å²) in [7, 11) is 7.70. The second kappa shape index (κ2) is 37.5. The first-order valence-electron chi connectivity index (χ1n) is 23.9. The highest BCUT2D eigenvalue weighted by Gasteiger charge is 2.17. The molecule has 0 aromatic carbocycles. The molecule has 3 amide bonds. The van der Waals surface area contributed by atoms with E-state index in [1.165, 1.54) is 39.3 Å². The van der Waals surface area contributed by atoms with Crippen LogP contribution in [0.15, 0.2) is 0 Å². The van der Waals surface area contributed by atoms with Gasteiger partial charge in [-0.3, -0.25) is 34.0 Å². The van der Waals surface area contributed by atoms with Gasteiger partial charge in [-0.2, -0.15) is 0 Å². The fourth-order valence-corrected chi connectivity index (χ4v) is 6.65. The van der Waals surface area contributed by atoms with Gasteiger partial charge in [-0.25, -0.2) is 0 Å². The monoisotopic (exact) mass is 872 g/mol. The lowest BCUT2D eigenvalue weighted by atomic mass is 10.1. The first kappa shape index (κ1) is 63.4. The van der Waals surface area contributed by atoms with E-state index in [4.69, 9.17) is 4.74 Å². The molecule has 0 atom stereocenters. The third kappa shape index (κ3) is 43.2. The Hall–Kier alpha value is -1.87. The predicted octanol–water partition coefficient (Wildman–Crippen LogP) is 5.51. The maximum Gasteiger partial charge on any atom is 0.236 e. The smallest absolute Gasteiger partial charge is 0.236 e. The molecule has 2 aliphatic heterocycles. The number of hydrogen-bond donors (Lipinski definition) is 2. The standard InChI is InChI=1S/C12H26N2O.C10H22N2O.C9H20N2O.C9H20N2.C8H17NO/c1-7-14(8-10(2)3)9-11(15)13-12(4,5)6;1-6-12(5)10(13)8-11(4)7-9(2)3;1-5-11(6-8(2)3)7-9(12)10-4;1-9(2)8-11-6-4-10(3)5-7-11;1-8(2)7-9-3-5-10-6-4-9/h10H,7-9H2,1-6H3,(H,13,15);9H,6-8H2,1-5H3;8H,5-7H2,1-4H3,(H,10,12);9H,4-8H2,1-3H3;8H,3-7H2,1-2H3. The predicted molar refractivity (Wildman–Crippen MR) is 262 cm³/mol. The van der Waals surface area contributed by atoms with Gasteiger partial charge >= 0.3 is 0 Å². The molecule has 0 radical (unpaired) electrons. The number of morpholine rings is 1. The van der Waals surface area contributed by atoms with Gasteiger partial charge in [-0.15, -0.1) is 0 Å². The molecule has 0 bridgehead atoms. The summed E-state index contributed by atoms with van der Waals surface area (Å²) in [6, 6.07) is 0. The van der Waals surface area contributed by atoms with Gasteiger partial charge in [0.05, 0.1) is 32.8 Å². The third-order valence-corrected chi connectivity index (χ3v) is 9.60. The maximum absolute atomic E-state index is 11.7. The number of carbonyl (C=O) groups is 3. The summed E-state index contributed by atoms with van der Waals surface area (Å²) in [6.07, 6.45) is 0. The van der Waals surface area contributed by atoms with Crippen molar-refractivity contribution in [3.05, 3.63) is 0 Å². The van der Waals surface area contributed by atoms with Gasteiger partial charge in [0.15, 0.2) is 0 Å². The van der Waals surface area contributed by atoms with E-state index >= 15 is 0 Å². The van der Waals surface area contributed by atoms with E-state index in [9.17, 15) is 14.4 Å². The van der Waals surface area contributed by atoms with Crippen molar-refractivity contribution in [2.24, 2.45) is 29.6 Å². The van der Waals surface area contributed by atoms with E-state index in [-0.39, 0.29) is 23.3 Å². The van der Waals surface area contributed by atoms with Gasteiger partial charge in [0.2, 0.25) is 17.7 Å². The summed E-state index contributed by atoms with van der Waals surface area (Å²) in [4.78, 5) is 49.7. The van der Waals surface area contributed by atoms with Crippen LogP contribution in [-0.2, 0) is 19.1 Å². The van der Waals surface area contributed by atoms with Crippen molar-refractivity contribution in [2.45, 2.75) is 116 Å². The molecule has 13 nitrogen and oxygen atoms in total. The molecule has 2 heterocycles. The number of ether oxygens (including phenoxy) is 1. The Balaban J connectivity index is -0.000000693. The maximum atomic E-state index is 11.7. The second-order valence-corrected chi connectivity index (χ2v) is 20.2. The highest BCUT2D eigenvalue weighted by Crippen LogP contribution is 2.04.